The quantitative estimate of drug-likeness (QED) is 0.505. The molecular weight excluding hydrogens is 460 g/mol. The molecule has 2 aliphatic rings. The molecule has 1 aliphatic carbocycles. The van der Waals surface area contributed by atoms with E-state index < -0.39 is 0 Å². The van der Waals surface area contributed by atoms with Crippen molar-refractivity contribution < 1.29 is 14.7 Å². The standard InChI is InChI=1S/C26H30N6O4/c1-15-19-13-27-26(30-24(19)32(18-5-3-4-6-18)25(36)23(15)16(2)34)29-21-8-7-17-14-31(22(35)10-12-33)11-9-20(17)28-21/h7-8,13,18,33H,3-6,9-12,14H2,1-2H3,(H,27,28,29,30). The Morgan fingerprint density at radius 1 is 1.19 bits per heavy atom. The van der Waals surface area contributed by atoms with Gasteiger partial charge < -0.3 is 15.3 Å². The Balaban J connectivity index is 1.48. The van der Waals surface area contributed by atoms with Gasteiger partial charge in [-0.25, -0.2) is 9.97 Å². The summed E-state index contributed by atoms with van der Waals surface area (Å²) in [4.78, 5) is 53.4. The molecular formula is C26H30N6O4. The molecule has 0 unspecified atom stereocenters. The summed E-state index contributed by atoms with van der Waals surface area (Å²) in [5, 5.41) is 12.9. The third-order valence-electron chi connectivity index (χ3n) is 7.22. The number of fused-ring (bicyclic) bond motifs is 2. The van der Waals surface area contributed by atoms with Crippen LogP contribution in [0, 0.1) is 6.92 Å². The number of aromatic nitrogens is 4. The molecule has 188 valence electrons. The fraction of sp³-hybridized carbons (Fsp3) is 0.462. The van der Waals surface area contributed by atoms with Gasteiger partial charge in [0.1, 0.15) is 11.5 Å². The highest BCUT2D eigenvalue weighted by atomic mass is 16.3. The average Bonchev–Trinajstić information content (AvgIpc) is 3.38. The van der Waals surface area contributed by atoms with E-state index in [-0.39, 0.29) is 41.9 Å². The maximum Gasteiger partial charge on any atom is 0.263 e. The van der Waals surface area contributed by atoms with E-state index in [0.29, 0.717) is 47.9 Å². The minimum absolute atomic E-state index is 0.0137. The highest BCUT2D eigenvalue weighted by Gasteiger charge is 2.26. The Morgan fingerprint density at radius 2 is 1.97 bits per heavy atom. The number of nitrogens with one attached hydrogen (secondary N) is 1. The molecule has 0 radical (unpaired) electrons. The number of aliphatic hydroxyl groups is 1. The van der Waals surface area contributed by atoms with Gasteiger partial charge in [0.2, 0.25) is 11.9 Å². The zero-order chi connectivity index (χ0) is 25.4. The number of rotatable bonds is 6. The van der Waals surface area contributed by atoms with Gasteiger partial charge in [0, 0.05) is 49.2 Å². The molecule has 10 nitrogen and oxygen atoms in total. The molecule has 0 aromatic carbocycles. The van der Waals surface area contributed by atoms with Crippen molar-refractivity contribution >= 4 is 34.5 Å². The molecule has 0 saturated heterocycles. The van der Waals surface area contributed by atoms with Crippen LogP contribution in [0.1, 0.15) is 72.2 Å². The molecule has 4 heterocycles. The molecule has 0 bridgehead atoms. The van der Waals surface area contributed by atoms with Gasteiger partial charge in [0.15, 0.2) is 5.78 Å². The Hall–Kier alpha value is -3.66. The van der Waals surface area contributed by atoms with Gasteiger partial charge in [-0.05, 0) is 43.9 Å². The van der Waals surface area contributed by atoms with Crippen LogP contribution in [0.5, 0.6) is 0 Å². The SMILES string of the molecule is CC(=O)c1c(C)c2cnc(Nc3ccc4c(n3)CCN(C(=O)CCO)C4)nc2n(C2CCCC2)c1=O. The summed E-state index contributed by atoms with van der Waals surface area (Å²) < 4.78 is 1.69. The molecule has 0 atom stereocenters. The van der Waals surface area contributed by atoms with E-state index in [9.17, 15) is 14.4 Å². The van der Waals surface area contributed by atoms with Gasteiger partial charge in [0.05, 0.1) is 12.2 Å². The predicted molar refractivity (Wildman–Crippen MR) is 134 cm³/mol. The van der Waals surface area contributed by atoms with E-state index in [1.807, 2.05) is 12.1 Å². The number of ketones is 1. The molecule has 36 heavy (non-hydrogen) atoms. The fourth-order valence-corrected chi connectivity index (χ4v) is 5.38. The maximum atomic E-state index is 13.4. The van der Waals surface area contributed by atoms with Gasteiger partial charge in [-0.1, -0.05) is 18.9 Å². The van der Waals surface area contributed by atoms with Crippen molar-refractivity contribution in [3.05, 3.63) is 51.1 Å². The van der Waals surface area contributed by atoms with Crippen molar-refractivity contribution in [3.63, 3.8) is 0 Å². The summed E-state index contributed by atoms with van der Waals surface area (Å²) in [7, 11) is 0. The molecule has 1 aliphatic heterocycles. The minimum Gasteiger partial charge on any atom is -0.396 e. The lowest BCUT2D eigenvalue weighted by Gasteiger charge is -2.28. The van der Waals surface area contributed by atoms with Crippen molar-refractivity contribution in [2.45, 2.75) is 65.0 Å². The van der Waals surface area contributed by atoms with Crippen LogP contribution in [-0.2, 0) is 17.8 Å². The van der Waals surface area contributed by atoms with E-state index in [4.69, 9.17) is 15.1 Å². The first-order chi connectivity index (χ1) is 17.4. The van der Waals surface area contributed by atoms with Crippen LogP contribution in [0.2, 0.25) is 0 Å². The van der Waals surface area contributed by atoms with Crippen LogP contribution in [0.15, 0.2) is 23.1 Å². The smallest absolute Gasteiger partial charge is 0.263 e. The number of amides is 1. The average molecular weight is 491 g/mol. The van der Waals surface area contributed by atoms with E-state index in [1.54, 1.807) is 22.6 Å². The summed E-state index contributed by atoms with van der Waals surface area (Å²) in [6.07, 6.45) is 6.26. The number of hydrogen-bond donors (Lipinski definition) is 2. The number of pyridine rings is 2. The molecule has 10 heteroatoms. The molecule has 0 spiro atoms. The van der Waals surface area contributed by atoms with Crippen LogP contribution < -0.4 is 10.9 Å². The second-order valence-corrected chi connectivity index (χ2v) is 9.57. The first-order valence-corrected chi connectivity index (χ1v) is 12.4. The van der Waals surface area contributed by atoms with E-state index in [0.717, 1.165) is 36.9 Å². The molecule has 3 aromatic heterocycles. The summed E-state index contributed by atoms with van der Waals surface area (Å²) in [5.74, 6) is 0.594. The number of Topliss-reactive ketones (excluding diaryl/α,β-unsaturated/α-hetero) is 1. The topological polar surface area (TPSA) is 130 Å². The number of carbonyl (C=O) groups excluding carboxylic acids is 2. The molecule has 5 rings (SSSR count). The monoisotopic (exact) mass is 490 g/mol. The zero-order valence-corrected chi connectivity index (χ0v) is 20.6. The first kappa shape index (κ1) is 24.1. The summed E-state index contributed by atoms with van der Waals surface area (Å²) in [6.45, 7) is 4.07. The lowest BCUT2D eigenvalue weighted by Crippen LogP contribution is -2.36. The normalized spacial score (nSPS) is 15.8. The second-order valence-electron chi connectivity index (χ2n) is 9.57. The zero-order valence-electron chi connectivity index (χ0n) is 20.6. The molecule has 1 fully saturated rings. The van der Waals surface area contributed by atoms with Crippen molar-refractivity contribution in [2.75, 3.05) is 18.5 Å². The van der Waals surface area contributed by atoms with Crippen LogP contribution in [0.4, 0.5) is 11.8 Å². The van der Waals surface area contributed by atoms with E-state index in [2.05, 4.69) is 10.3 Å². The summed E-state index contributed by atoms with van der Waals surface area (Å²) >= 11 is 0. The number of hydrogen-bond acceptors (Lipinski definition) is 8. The lowest BCUT2D eigenvalue weighted by molar-refractivity contribution is -0.132. The second kappa shape index (κ2) is 9.77. The predicted octanol–water partition coefficient (Wildman–Crippen LogP) is 2.82. The fourth-order valence-electron chi connectivity index (χ4n) is 5.38. The minimum atomic E-state index is -0.281. The molecule has 3 aromatic rings. The highest BCUT2D eigenvalue weighted by molar-refractivity contribution is 5.99. The Kier molecular flexibility index (Phi) is 6.53. The highest BCUT2D eigenvalue weighted by Crippen LogP contribution is 2.32. The van der Waals surface area contributed by atoms with Gasteiger partial charge in [-0.15, -0.1) is 0 Å². The Morgan fingerprint density at radius 3 is 2.69 bits per heavy atom. The molecule has 1 saturated carbocycles. The summed E-state index contributed by atoms with van der Waals surface area (Å²) in [5.41, 5.74) is 2.94. The van der Waals surface area contributed by atoms with Crippen LogP contribution in [0.25, 0.3) is 11.0 Å². The molecule has 2 N–H and O–H groups in total. The van der Waals surface area contributed by atoms with Gasteiger partial charge in [-0.2, -0.15) is 4.98 Å². The first-order valence-electron chi connectivity index (χ1n) is 12.4. The van der Waals surface area contributed by atoms with Crippen LogP contribution in [0.3, 0.4) is 0 Å². The third-order valence-corrected chi connectivity index (χ3v) is 7.22. The lowest BCUT2D eigenvalue weighted by atomic mass is 10.0. The number of aliphatic hydroxyl groups excluding tert-OH is 1. The third kappa shape index (κ3) is 4.37. The van der Waals surface area contributed by atoms with Crippen molar-refractivity contribution in [2.24, 2.45) is 0 Å². The largest absolute Gasteiger partial charge is 0.396 e. The van der Waals surface area contributed by atoms with Crippen LogP contribution >= 0.6 is 0 Å². The van der Waals surface area contributed by atoms with Crippen molar-refractivity contribution in [3.8, 4) is 0 Å². The van der Waals surface area contributed by atoms with Crippen molar-refractivity contribution in [1.82, 2.24) is 24.4 Å². The maximum absolute atomic E-state index is 13.4. The Bertz CT molecular complexity index is 1410. The number of nitrogens with zero attached hydrogens (tertiary/aromatic N) is 5. The summed E-state index contributed by atoms with van der Waals surface area (Å²) in [6, 6.07) is 3.77. The van der Waals surface area contributed by atoms with E-state index >= 15 is 0 Å². The van der Waals surface area contributed by atoms with Crippen molar-refractivity contribution in [1.29, 1.82) is 0 Å². The number of aryl methyl sites for hydroxylation is 1. The van der Waals surface area contributed by atoms with Gasteiger partial charge >= 0.3 is 0 Å². The number of carbonyl (C=O) groups is 2. The molecule has 1 amide bonds. The van der Waals surface area contributed by atoms with Crippen LogP contribution in [-0.4, -0.2) is 54.4 Å². The van der Waals surface area contributed by atoms with Gasteiger partial charge in [0.25, 0.3) is 5.56 Å². The Labute approximate surface area is 208 Å². The van der Waals surface area contributed by atoms with Gasteiger partial charge in [-0.3, -0.25) is 19.0 Å². The van der Waals surface area contributed by atoms with E-state index in [1.165, 1.54) is 6.92 Å². The number of anilines is 2.